The number of nitrogens with zero attached hydrogens (tertiary/aromatic N) is 1. The molecule has 0 saturated carbocycles. The molecule has 0 saturated heterocycles. The summed E-state index contributed by atoms with van der Waals surface area (Å²) in [6.45, 7) is 9.53. The van der Waals surface area contributed by atoms with Gasteiger partial charge in [0, 0.05) is 28.0 Å². The molecule has 0 amide bonds. The lowest BCUT2D eigenvalue weighted by Gasteiger charge is -2.29. The standard InChI is InChI=1S/C29H25N/c1-28(2)23-15-8-7-12-20(23)25-26(28)21-13-9-14-22(24(21)29(25,3)4)27-19-11-6-5-10-18(19)16-17-30-27/h5-17H,1-4H3. The molecule has 0 radical (unpaired) electrons. The van der Waals surface area contributed by atoms with Gasteiger partial charge in [-0.1, -0.05) is 94.4 Å². The number of allylic oxidation sites excluding steroid dienone is 2. The molecule has 0 atom stereocenters. The molecule has 6 rings (SSSR count). The Labute approximate surface area is 178 Å². The Hall–Kier alpha value is -3.19. The molecule has 1 nitrogen and oxygen atoms in total. The van der Waals surface area contributed by atoms with Crippen LogP contribution in [0.3, 0.4) is 0 Å². The van der Waals surface area contributed by atoms with Crippen LogP contribution >= 0.6 is 0 Å². The van der Waals surface area contributed by atoms with E-state index >= 15 is 0 Å². The number of rotatable bonds is 1. The quantitative estimate of drug-likeness (QED) is 0.332. The van der Waals surface area contributed by atoms with Crippen LogP contribution in [0.1, 0.15) is 49.9 Å². The van der Waals surface area contributed by atoms with E-state index in [9.17, 15) is 0 Å². The van der Waals surface area contributed by atoms with E-state index in [0.29, 0.717) is 0 Å². The Morgan fingerprint density at radius 1 is 0.600 bits per heavy atom. The van der Waals surface area contributed by atoms with Crippen molar-refractivity contribution in [3.63, 3.8) is 0 Å². The number of hydrogen-bond acceptors (Lipinski definition) is 1. The number of benzene rings is 3. The Bertz CT molecular complexity index is 1380. The molecule has 0 spiro atoms. The van der Waals surface area contributed by atoms with Gasteiger partial charge in [0.2, 0.25) is 0 Å². The molecule has 30 heavy (non-hydrogen) atoms. The zero-order valence-electron chi connectivity index (χ0n) is 18.0. The van der Waals surface area contributed by atoms with Gasteiger partial charge >= 0.3 is 0 Å². The van der Waals surface area contributed by atoms with Gasteiger partial charge in [0.1, 0.15) is 0 Å². The van der Waals surface area contributed by atoms with Gasteiger partial charge in [-0.15, -0.1) is 0 Å². The molecule has 1 aromatic heterocycles. The monoisotopic (exact) mass is 387 g/mol. The molecule has 0 unspecified atom stereocenters. The van der Waals surface area contributed by atoms with E-state index < -0.39 is 0 Å². The summed E-state index contributed by atoms with van der Waals surface area (Å²) >= 11 is 0. The van der Waals surface area contributed by atoms with E-state index in [1.165, 1.54) is 49.7 Å². The zero-order valence-corrected chi connectivity index (χ0v) is 18.0. The van der Waals surface area contributed by atoms with Crippen molar-refractivity contribution in [2.45, 2.75) is 38.5 Å². The average Bonchev–Trinajstić information content (AvgIpc) is 3.15. The molecule has 1 heterocycles. The molecule has 2 aliphatic rings. The summed E-state index contributed by atoms with van der Waals surface area (Å²) in [5.74, 6) is 0. The first-order valence-electron chi connectivity index (χ1n) is 10.8. The third-order valence-electron chi connectivity index (χ3n) is 7.26. The highest BCUT2D eigenvalue weighted by molar-refractivity contribution is 6.11. The van der Waals surface area contributed by atoms with Crippen LogP contribution in [-0.4, -0.2) is 4.98 Å². The Kier molecular flexibility index (Phi) is 3.35. The second-order valence-electron chi connectivity index (χ2n) is 9.65. The van der Waals surface area contributed by atoms with Crippen LogP contribution < -0.4 is 0 Å². The number of pyridine rings is 1. The SMILES string of the molecule is CC1(C)C2=C(c3ccccc31)C(C)(C)c1c2cccc1-c1nccc2ccccc12. The van der Waals surface area contributed by atoms with E-state index in [-0.39, 0.29) is 10.8 Å². The van der Waals surface area contributed by atoms with Crippen molar-refractivity contribution >= 4 is 21.9 Å². The van der Waals surface area contributed by atoms with Crippen LogP contribution in [0, 0.1) is 0 Å². The van der Waals surface area contributed by atoms with E-state index in [1.807, 2.05) is 6.20 Å². The summed E-state index contributed by atoms with van der Waals surface area (Å²) in [5.41, 5.74) is 10.9. The highest BCUT2D eigenvalue weighted by atomic mass is 14.7. The second kappa shape index (κ2) is 5.70. The maximum Gasteiger partial charge on any atom is 0.0783 e. The van der Waals surface area contributed by atoms with E-state index in [0.717, 1.165) is 5.69 Å². The lowest BCUT2D eigenvalue weighted by molar-refractivity contribution is 0.695. The minimum Gasteiger partial charge on any atom is -0.256 e. The van der Waals surface area contributed by atoms with Gasteiger partial charge < -0.3 is 0 Å². The van der Waals surface area contributed by atoms with E-state index in [2.05, 4.69) is 100 Å². The molecular weight excluding hydrogens is 362 g/mol. The van der Waals surface area contributed by atoms with Crippen molar-refractivity contribution in [2.75, 3.05) is 0 Å². The second-order valence-corrected chi connectivity index (χ2v) is 9.65. The van der Waals surface area contributed by atoms with Crippen molar-refractivity contribution in [1.82, 2.24) is 4.98 Å². The topological polar surface area (TPSA) is 12.9 Å². The van der Waals surface area contributed by atoms with Gasteiger partial charge in [0.15, 0.2) is 0 Å². The van der Waals surface area contributed by atoms with Crippen molar-refractivity contribution in [2.24, 2.45) is 0 Å². The third kappa shape index (κ3) is 2.05. The largest absolute Gasteiger partial charge is 0.256 e. The summed E-state index contributed by atoms with van der Waals surface area (Å²) in [6, 6.07) is 26.4. The summed E-state index contributed by atoms with van der Waals surface area (Å²) in [7, 11) is 0. The van der Waals surface area contributed by atoms with Gasteiger partial charge in [-0.25, -0.2) is 0 Å². The van der Waals surface area contributed by atoms with Crippen LogP contribution in [0.15, 0.2) is 79.0 Å². The maximum atomic E-state index is 4.88. The fraction of sp³-hybridized carbons (Fsp3) is 0.207. The summed E-state index contributed by atoms with van der Waals surface area (Å²) in [5, 5.41) is 2.46. The molecule has 1 heteroatoms. The predicted molar refractivity (Wildman–Crippen MR) is 126 cm³/mol. The van der Waals surface area contributed by atoms with Gasteiger partial charge in [0.05, 0.1) is 5.69 Å². The van der Waals surface area contributed by atoms with E-state index in [1.54, 1.807) is 0 Å². The fourth-order valence-electron chi connectivity index (χ4n) is 6.04. The average molecular weight is 388 g/mol. The highest BCUT2D eigenvalue weighted by Crippen LogP contribution is 2.63. The molecule has 3 aromatic carbocycles. The lowest BCUT2D eigenvalue weighted by Crippen LogP contribution is -2.20. The van der Waals surface area contributed by atoms with Crippen LogP contribution in [0.4, 0.5) is 0 Å². The molecule has 146 valence electrons. The third-order valence-corrected chi connectivity index (χ3v) is 7.26. The first-order valence-corrected chi connectivity index (χ1v) is 10.8. The van der Waals surface area contributed by atoms with E-state index in [4.69, 9.17) is 4.98 Å². The van der Waals surface area contributed by atoms with Crippen LogP contribution in [-0.2, 0) is 10.8 Å². The van der Waals surface area contributed by atoms with Crippen molar-refractivity contribution in [3.05, 3.63) is 101 Å². The molecule has 0 N–H and O–H groups in total. The lowest BCUT2D eigenvalue weighted by atomic mass is 9.74. The Morgan fingerprint density at radius 2 is 1.27 bits per heavy atom. The van der Waals surface area contributed by atoms with Crippen molar-refractivity contribution in [1.29, 1.82) is 0 Å². The normalized spacial score (nSPS) is 17.7. The molecular formula is C29H25N. The smallest absolute Gasteiger partial charge is 0.0783 e. The maximum absolute atomic E-state index is 4.88. The number of hydrogen-bond donors (Lipinski definition) is 0. The fourth-order valence-corrected chi connectivity index (χ4v) is 6.04. The molecule has 2 aliphatic carbocycles. The van der Waals surface area contributed by atoms with Crippen molar-refractivity contribution in [3.8, 4) is 11.3 Å². The van der Waals surface area contributed by atoms with Crippen LogP contribution in [0.25, 0.3) is 33.2 Å². The summed E-state index contributed by atoms with van der Waals surface area (Å²) < 4.78 is 0. The minimum atomic E-state index is -0.0796. The Balaban J connectivity index is 1.68. The van der Waals surface area contributed by atoms with Gasteiger partial charge in [-0.3, -0.25) is 4.98 Å². The molecule has 0 fully saturated rings. The van der Waals surface area contributed by atoms with Crippen LogP contribution in [0.2, 0.25) is 0 Å². The van der Waals surface area contributed by atoms with Gasteiger partial charge in [-0.05, 0) is 44.9 Å². The predicted octanol–water partition coefficient (Wildman–Crippen LogP) is 7.40. The highest BCUT2D eigenvalue weighted by Gasteiger charge is 2.50. The molecule has 0 bridgehead atoms. The number of aromatic nitrogens is 1. The number of fused-ring (bicyclic) bond motifs is 5. The van der Waals surface area contributed by atoms with Gasteiger partial charge in [-0.2, -0.15) is 0 Å². The zero-order chi connectivity index (χ0) is 20.7. The van der Waals surface area contributed by atoms with Crippen molar-refractivity contribution < 1.29 is 0 Å². The van der Waals surface area contributed by atoms with Crippen LogP contribution in [0.5, 0.6) is 0 Å². The molecule has 4 aromatic rings. The first-order chi connectivity index (χ1) is 14.4. The minimum absolute atomic E-state index is 0.000740. The summed E-state index contributed by atoms with van der Waals surface area (Å²) in [6.07, 6.45) is 1.94. The summed E-state index contributed by atoms with van der Waals surface area (Å²) in [4.78, 5) is 4.88. The first kappa shape index (κ1) is 17.7. The Morgan fingerprint density at radius 3 is 2.13 bits per heavy atom. The van der Waals surface area contributed by atoms with Gasteiger partial charge in [0.25, 0.3) is 0 Å². The molecule has 0 aliphatic heterocycles.